The zero-order valence-electron chi connectivity index (χ0n) is 6.95. The van der Waals surface area contributed by atoms with Crippen LogP contribution in [0, 0.1) is 6.92 Å². The van der Waals surface area contributed by atoms with Crippen molar-refractivity contribution in [2.75, 3.05) is 5.73 Å². The van der Waals surface area contributed by atoms with E-state index in [2.05, 4.69) is 15.0 Å². The van der Waals surface area contributed by atoms with Crippen LogP contribution >= 0.6 is 11.6 Å². The first-order chi connectivity index (χ1) is 6.18. The molecule has 0 amide bonds. The minimum atomic E-state index is 0.154. The summed E-state index contributed by atoms with van der Waals surface area (Å²) in [6.45, 7) is 1.85. The highest BCUT2D eigenvalue weighted by molar-refractivity contribution is 6.28. The molecule has 2 N–H and O–H groups in total. The van der Waals surface area contributed by atoms with Crippen LogP contribution in [0.15, 0.2) is 12.3 Å². The lowest BCUT2D eigenvalue weighted by Gasteiger charge is -2.02. The van der Waals surface area contributed by atoms with Gasteiger partial charge in [-0.25, -0.2) is 9.97 Å². The Morgan fingerprint density at radius 2 is 2.15 bits per heavy atom. The van der Waals surface area contributed by atoms with Gasteiger partial charge in [0.2, 0.25) is 5.28 Å². The minimum Gasteiger partial charge on any atom is -0.383 e. The third kappa shape index (κ3) is 1.29. The second-order valence-corrected chi connectivity index (χ2v) is 3.01. The number of pyridine rings is 1. The molecule has 0 aromatic carbocycles. The second kappa shape index (κ2) is 2.81. The van der Waals surface area contributed by atoms with Gasteiger partial charge in [0.25, 0.3) is 0 Å². The van der Waals surface area contributed by atoms with Crippen molar-refractivity contribution >= 4 is 28.3 Å². The van der Waals surface area contributed by atoms with Gasteiger partial charge in [0, 0.05) is 11.6 Å². The van der Waals surface area contributed by atoms with Crippen LogP contribution in [0.3, 0.4) is 0 Å². The minimum absolute atomic E-state index is 0.154. The second-order valence-electron chi connectivity index (χ2n) is 2.67. The summed E-state index contributed by atoms with van der Waals surface area (Å²) in [7, 11) is 0. The Kier molecular flexibility index (Phi) is 1.77. The van der Waals surface area contributed by atoms with E-state index in [0.717, 1.165) is 11.1 Å². The molecule has 0 aliphatic carbocycles. The van der Waals surface area contributed by atoms with Crippen molar-refractivity contribution in [3.63, 3.8) is 0 Å². The van der Waals surface area contributed by atoms with E-state index in [1.807, 2.05) is 6.92 Å². The molecule has 5 heteroatoms. The third-order valence-electron chi connectivity index (χ3n) is 1.80. The Balaban J connectivity index is 2.94. The lowest BCUT2D eigenvalue weighted by atomic mass is 10.2. The normalized spacial score (nSPS) is 10.6. The first-order valence-electron chi connectivity index (χ1n) is 3.73. The van der Waals surface area contributed by atoms with Crippen LogP contribution in [-0.4, -0.2) is 15.0 Å². The number of nitrogens with zero attached hydrogens (tertiary/aromatic N) is 3. The molecule has 2 rings (SSSR count). The van der Waals surface area contributed by atoms with Gasteiger partial charge >= 0.3 is 0 Å². The quantitative estimate of drug-likeness (QED) is 0.647. The van der Waals surface area contributed by atoms with E-state index in [1.165, 1.54) is 0 Å². The number of hydrogen-bond donors (Lipinski definition) is 1. The maximum absolute atomic E-state index is 5.67. The molecule has 66 valence electrons. The Morgan fingerprint density at radius 3 is 2.92 bits per heavy atom. The summed E-state index contributed by atoms with van der Waals surface area (Å²) < 4.78 is 0. The molecule has 0 atom stereocenters. The summed E-state index contributed by atoms with van der Waals surface area (Å²) in [4.78, 5) is 12.0. The zero-order chi connectivity index (χ0) is 9.42. The molecule has 4 nitrogen and oxygen atoms in total. The van der Waals surface area contributed by atoms with E-state index < -0.39 is 0 Å². The SMILES string of the molecule is Cc1nccc2c(N)nc(Cl)nc12. The van der Waals surface area contributed by atoms with Crippen molar-refractivity contribution < 1.29 is 0 Å². The number of rotatable bonds is 0. The fourth-order valence-electron chi connectivity index (χ4n) is 1.18. The number of halogens is 1. The average Bonchev–Trinajstić information content (AvgIpc) is 2.07. The number of anilines is 1. The van der Waals surface area contributed by atoms with Crippen LogP contribution in [0.25, 0.3) is 10.9 Å². The van der Waals surface area contributed by atoms with E-state index in [4.69, 9.17) is 17.3 Å². The highest BCUT2D eigenvalue weighted by Gasteiger charge is 2.05. The predicted molar refractivity (Wildman–Crippen MR) is 51.5 cm³/mol. The summed E-state index contributed by atoms with van der Waals surface area (Å²) in [5.41, 5.74) is 7.17. The fraction of sp³-hybridized carbons (Fsp3) is 0.125. The van der Waals surface area contributed by atoms with Crippen molar-refractivity contribution in [1.29, 1.82) is 0 Å². The highest BCUT2D eigenvalue weighted by atomic mass is 35.5. The standard InChI is InChI=1S/C8H7ClN4/c1-4-6-5(2-3-11-4)7(10)13-8(9)12-6/h2-3H,1H3,(H2,10,12,13). The maximum Gasteiger partial charge on any atom is 0.224 e. The summed E-state index contributed by atoms with van der Waals surface area (Å²) >= 11 is 5.67. The molecule has 0 spiro atoms. The van der Waals surface area contributed by atoms with Crippen molar-refractivity contribution in [3.8, 4) is 0 Å². The molecule has 0 fully saturated rings. The van der Waals surface area contributed by atoms with E-state index in [9.17, 15) is 0 Å². The van der Waals surface area contributed by atoms with E-state index in [0.29, 0.717) is 11.3 Å². The topological polar surface area (TPSA) is 64.7 Å². The monoisotopic (exact) mass is 194 g/mol. The van der Waals surface area contributed by atoms with E-state index >= 15 is 0 Å². The van der Waals surface area contributed by atoms with Gasteiger partial charge in [0.05, 0.1) is 11.2 Å². The molecular formula is C8H7ClN4. The first-order valence-corrected chi connectivity index (χ1v) is 4.10. The molecule has 0 saturated carbocycles. The van der Waals surface area contributed by atoms with Gasteiger partial charge in [-0.05, 0) is 24.6 Å². The molecule has 0 radical (unpaired) electrons. The lowest BCUT2D eigenvalue weighted by Crippen LogP contribution is -1.97. The lowest BCUT2D eigenvalue weighted by molar-refractivity contribution is 1.16. The van der Waals surface area contributed by atoms with Gasteiger partial charge in [-0.2, -0.15) is 0 Å². The van der Waals surface area contributed by atoms with Gasteiger partial charge < -0.3 is 5.73 Å². The number of fused-ring (bicyclic) bond motifs is 1. The Morgan fingerprint density at radius 1 is 1.38 bits per heavy atom. The van der Waals surface area contributed by atoms with Crippen LogP contribution < -0.4 is 5.73 Å². The van der Waals surface area contributed by atoms with Crippen LogP contribution in [0.1, 0.15) is 5.69 Å². The summed E-state index contributed by atoms with van der Waals surface area (Å²) in [5.74, 6) is 0.389. The van der Waals surface area contributed by atoms with Gasteiger partial charge in [0.1, 0.15) is 5.82 Å². The Labute approximate surface area is 79.8 Å². The molecule has 0 saturated heterocycles. The Hall–Kier alpha value is -1.42. The van der Waals surface area contributed by atoms with Gasteiger partial charge in [-0.15, -0.1) is 0 Å². The molecule has 0 aliphatic rings. The molecule has 0 aliphatic heterocycles. The number of nitrogen functional groups attached to an aromatic ring is 1. The Bertz CT molecular complexity index is 469. The number of aryl methyl sites for hydroxylation is 1. The van der Waals surface area contributed by atoms with Crippen LogP contribution in [-0.2, 0) is 0 Å². The van der Waals surface area contributed by atoms with Crippen LogP contribution in [0.5, 0.6) is 0 Å². The number of aromatic nitrogens is 3. The molecular weight excluding hydrogens is 188 g/mol. The van der Waals surface area contributed by atoms with E-state index in [1.54, 1.807) is 12.3 Å². The average molecular weight is 195 g/mol. The zero-order valence-corrected chi connectivity index (χ0v) is 7.71. The molecule has 0 bridgehead atoms. The summed E-state index contributed by atoms with van der Waals surface area (Å²) in [6.07, 6.45) is 1.67. The predicted octanol–water partition coefficient (Wildman–Crippen LogP) is 1.57. The molecule has 0 unspecified atom stereocenters. The smallest absolute Gasteiger partial charge is 0.224 e. The van der Waals surface area contributed by atoms with Crippen molar-refractivity contribution in [2.24, 2.45) is 0 Å². The molecule has 13 heavy (non-hydrogen) atoms. The van der Waals surface area contributed by atoms with Crippen molar-refractivity contribution in [3.05, 3.63) is 23.2 Å². The van der Waals surface area contributed by atoms with Crippen molar-refractivity contribution in [2.45, 2.75) is 6.92 Å². The molecule has 2 aromatic rings. The summed E-state index contributed by atoms with van der Waals surface area (Å²) in [6, 6.07) is 1.77. The largest absolute Gasteiger partial charge is 0.383 e. The fourth-order valence-corrected chi connectivity index (χ4v) is 1.36. The van der Waals surface area contributed by atoms with Gasteiger partial charge in [-0.1, -0.05) is 0 Å². The first kappa shape index (κ1) is 8.19. The highest BCUT2D eigenvalue weighted by Crippen LogP contribution is 2.20. The van der Waals surface area contributed by atoms with Gasteiger partial charge in [0.15, 0.2) is 0 Å². The summed E-state index contributed by atoms with van der Waals surface area (Å²) in [5, 5.41) is 0.943. The van der Waals surface area contributed by atoms with E-state index in [-0.39, 0.29) is 5.28 Å². The maximum atomic E-state index is 5.67. The number of hydrogen-bond acceptors (Lipinski definition) is 4. The van der Waals surface area contributed by atoms with Crippen LogP contribution in [0.4, 0.5) is 5.82 Å². The van der Waals surface area contributed by atoms with Crippen molar-refractivity contribution in [1.82, 2.24) is 15.0 Å². The molecule has 2 heterocycles. The van der Waals surface area contributed by atoms with Gasteiger partial charge in [-0.3, -0.25) is 4.98 Å². The van der Waals surface area contributed by atoms with Crippen LogP contribution in [0.2, 0.25) is 5.28 Å². The number of nitrogens with two attached hydrogens (primary N) is 1. The molecule has 2 aromatic heterocycles. The third-order valence-corrected chi connectivity index (χ3v) is 1.97.